The van der Waals surface area contributed by atoms with Gasteiger partial charge in [-0.25, -0.2) is 0 Å². The molecule has 0 amide bonds. The normalized spacial score (nSPS) is 12.5. The molecule has 5 nitrogen and oxygen atoms in total. The quantitative estimate of drug-likeness (QED) is 0.740. The summed E-state index contributed by atoms with van der Waals surface area (Å²) in [5.41, 5.74) is 0. The molecule has 1 rings (SSSR count). The van der Waals surface area contributed by atoms with E-state index in [1.165, 1.54) is 0 Å². The molecule has 0 bridgehead atoms. The van der Waals surface area contributed by atoms with Gasteiger partial charge in [-0.15, -0.1) is 0 Å². The molecular formula is C13H24N4OS. The van der Waals surface area contributed by atoms with E-state index in [1.807, 2.05) is 20.8 Å². The molecule has 1 aromatic rings. The Morgan fingerprint density at radius 1 is 1.16 bits per heavy atom. The van der Waals surface area contributed by atoms with Crippen LogP contribution in [0.3, 0.4) is 0 Å². The number of ether oxygens (including phenoxy) is 1. The highest BCUT2D eigenvalue weighted by Crippen LogP contribution is 2.21. The van der Waals surface area contributed by atoms with Crippen molar-refractivity contribution in [2.24, 2.45) is 5.92 Å². The zero-order valence-electron chi connectivity index (χ0n) is 12.4. The second-order valence-corrected chi connectivity index (χ2v) is 5.73. The average molecular weight is 284 g/mol. The maximum absolute atomic E-state index is 5.56. The van der Waals surface area contributed by atoms with Crippen molar-refractivity contribution in [3.05, 3.63) is 0 Å². The predicted molar refractivity (Wildman–Crippen MR) is 79.9 cm³/mol. The summed E-state index contributed by atoms with van der Waals surface area (Å²) in [4.78, 5) is 13.0. The van der Waals surface area contributed by atoms with E-state index in [0.717, 1.165) is 23.9 Å². The Morgan fingerprint density at radius 2 is 1.89 bits per heavy atom. The summed E-state index contributed by atoms with van der Waals surface area (Å²) in [5, 5.41) is 3.83. The second-order valence-electron chi connectivity index (χ2n) is 4.75. The monoisotopic (exact) mass is 284 g/mol. The molecule has 19 heavy (non-hydrogen) atoms. The number of rotatable bonds is 8. The highest BCUT2D eigenvalue weighted by atomic mass is 32.2. The van der Waals surface area contributed by atoms with Crippen LogP contribution >= 0.6 is 11.8 Å². The van der Waals surface area contributed by atoms with Crippen LogP contribution in [0.4, 0.5) is 5.95 Å². The first-order valence-electron chi connectivity index (χ1n) is 6.84. The number of hydrogen-bond acceptors (Lipinski definition) is 6. The van der Waals surface area contributed by atoms with E-state index in [1.54, 1.807) is 11.8 Å². The van der Waals surface area contributed by atoms with Crippen LogP contribution in [0.15, 0.2) is 5.16 Å². The third-order valence-electron chi connectivity index (χ3n) is 2.46. The third-order valence-corrected chi connectivity index (χ3v) is 3.64. The van der Waals surface area contributed by atoms with Gasteiger partial charge in [-0.3, -0.25) is 0 Å². The van der Waals surface area contributed by atoms with Gasteiger partial charge in [-0.05, 0) is 26.7 Å². The summed E-state index contributed by atoms with van der Waals surface area (Å²) in [6.07, 6.45) is 1.22. The molecule has 0 saturated heterocycles. The standard InChI is InChI=1S/C13H24N4OS/c1-6-10(5)8-19-13-16-11(14-7-2)15-12(17-13)18-9(3)4/h9-10H,6-8H2,1-5H3,(H,14,15,16,17). The van der Waals surface area contributed by atoms with Crippen molar-refractivity contribution in [1.29, 1.82) is 0 Å². The molecule has 108 valence electrons. The summed E-state index contributed by atoms with van der Waals surface area (Å²) in [6, 6.07) is 0.396. The lowest BCUT2D eigenvalue weighted by molar-refractivity contribution is 0.219. The van der Waals surface area contributed by atoms with Gasteiger partial charge in [-0.2, -0.15) is 15.0 Å². The number of nitrogens with zero attached hydrogens (tertiary/aromatic N) is 3. The van der Waals surface area contributed by atoms with Crippen LogP contribution in [0.25, 0.3) is 0 Å². The number of anilines is 1. The third kappa shape index (κ3) is 6.09. The molecule has 0 aliphatic rings. The summed E-state index contributed by atoms with van der Waals surface area (Å²) in [5.74, 6) is 2.24. The van der Waals surface area contributed by atoms with Crippen LogP contribution in [0, 0.1) is 5.92 Å². The van der Waals surface area contributed by atoms with Crippen molar-refractivity contribution in [2.75, 3.05) is 17.6 Å². The Balaban J connectivity index is 2.79. The Labute approximate surface area is 120 Å². The molecule has 1 N–H and O–H groups in total. The minimum Gasteiger partial charge on any atom is -0.461 e. The van der Waals surface area contributed by atoms with Gasteiger partial charge in [0.05, 0.1) is 6.10 Å². The number of hydrogen-bond donors (Lipinski definition) is 1. The SMILES string of the molecule is CCNc1nc(OC(C)C)nc(SCC(C)CC)n1. The van der Waals surface area contributed by atoms with Gasteiger partial charge in [0.2, 0.25) is 5.95 Å². The van der Waals surface area contributed by atoms with Crippen LogP contribution in [-0.4, -0.2) is 33.4 Å². The van der Waals surface area contributed by atoms with E-state index in [9.17, 15) is 0 Å². The van der Waals surface area contributed by atoms with E-state index < -0.39 is 0 Å². The Hall–Kier alpha value is -1.04. The van der Waals surface area contributed by atoms with E-state index in [-0.39, 0.29) is 6.10 Å². The van der Waals surface area contributed by atoms with Gasteiger partial charge in [-0.1, -0.05) is 32.0 Å². The van der Waals surface area contributed by atoms with Gasteiger partial charge in [0.1, 0.15) is 0 Å². The Bertz CT molecular complexity index is 387. The fourth-order valence-electron chi connectivity index (χ4n) is 1.24. The zero-order chi connectivity index (χ0) is 14.3. The minimum absolute atomic E-state index is 0.0595. The van der Waals surface area contributed by atoms with E-state index >= 15 is 0 Å². The van der Waals surface area contributed by atoms with Crippen LogP contribution in [0.2, 0.25) is 0 Å². The topological polar surface area (TPSA) is 59.9 Å². The zero-order valence-corrected chi connectivity index (χ0v) is 13.3. The lowest BCUT2D eigenvalue weighted by Gasteiger charge is -2.11. The number of nitrogens with one attached hydrogen (secondary N) is 1. The molecule has 0 fully saturated rings. The summed E-state index contributed by atoms with van der Waals surface area (Å²) < 4.78 is 5.56. The maximum atomic E-state index is 5.56. The van der Waals surface area contributed by atoms with E-state index in [2.05, 4.69) is 34.1 Å². The predicted octanol–water partition coefficient (Wildman–Crippen LogP) is 3.23. The molecule has 0 radical (unpaired) electrons. The smallest absolute Gasteiger partial charge is 0.322 e. The fourth-order valence-corrected chi connectivity index (χ4v) is 2.20. The van der Waals surface area contributed by atoms with Crippen molar-refractivity contribution in [1.82, 2.24) is 15.0 Å². The highest BCUT2D eigenvalue weighted by Gasteiger charge is 2.10. The first kappa shape index (κ1) is 16.0. The molecule has 6 heteroatoms. The van der Waals surface area contributed by atoms with Gasteiger partial charge in [0.15, 0.2) is 5.16 Å². The van der Waals surface area contributed by atoms with Crippen LogP contribution in [-0.2, 0) is 0 Å². The molecule has 1 aromatic heterocycles. The summed E-state index contributed by atoms with van der Waals surface area (Å²) >= 11 is 1.65. The van der Waals surface area contributed by atoms with E-state index in [4.69, 9.17) is 4.74 Å². The van der Waals surface area contributed by atoms with Crippen LogP contribution < -0.4 is 10.1 Å². The minimum atomic E-state index is 0.0595. The van der Waals surface area contributed by atoms with Crippen LogP contribution in [0.5, 0.6) is 6.01 Å². The molecule has 0 aromatic carbocycles. The fraction of sp³-hybridized carbons (Fsp3) is 0.769. The maximum Gasteiger partial charge on any atom is 0.322 e. The molecule has 1 atom stereocenters. The summed E-state index contributed by atoms with van der Waals surface area (Å²) in [7, 11) is 0. The largest absolute Gasteiger partial charge is 0.461 e. The Morgan fingerprint density at radius 3 is 2.47 bits per heavy atom. The lowest BCUT2D eigenvalue weighted by Crippen LogP contribution is -2.12. The van der Waals surface area contributed by atoms with Crippen molar-refractivity contribution in [3.8, 4) is 6.01 Å². The second kappa shape index (κ2) is 8.19. The van der Waals surface area contributed by atoms with Gasteiger partial charge >= 0.3 is 6.01 Å². The Kier molecular flexibility index (Phi) is 6.91. The summed E-state index contributed by atoms with van der Waals surface area (Å²) in [6.45, 7) is 11.1. The van der Waals surface area contributed by atoms with Crippen LogP contribution in [0.1, 0.15) is 41.0 Å². The molecule has 1 unspecified atom stereocenters. The molecule has 1 heterocycles. The number of thioether (sulfide) groups is 1. The number of aromatic nitrogens is 3. The van der Waals surface area contributed by atoms with Gasteiger partial charge in [0, 0.05) is 12.3 Å². The average Bonchev–Trinajstić information content (AvgIpc) is 2.35. The van der Waals surface area contributed by atoms with Crippen molar-refractivity contribution in [2.45, 2.75) is 52.3 Å². The van der Waals surface area contributed by atoms with E-state index in [0.29, 0.717) is 17.9 Å². The molecule has 0 aliphatic carbocycles. The molecule has 0 saturated carbocycles. The molecule has 0 aliphatic heterocycles. The van der Waals surface area contributed by atoms with Gasteiger partial charge < -0.3 is 10.1 Å². The van der Waals surface area contributed by atoms with Gasteiger partial charge in [0.25, 0.3) is 0 Å². The van der Waals surface area contributed by atoms with Crippen molar-refractivity contribution in [3.63, 3.8) is 0 Å². The highest BCUT2D eigenvalue weighted by molar-refractivity contribution is 7.99. The first-order chi connectivity index (χ1) is 9.05. The lowest BCUT2D eigenvalue weighted by atomic mass is 10.2. The first-order valence-corrected chi connectivity index (χ1v) is 7.83. The van der Waals surface area contributed by atoms with Crippen molar-refractivity contribution >= 4 is 17.7 Å². The van der Waals surface area contributed by atoms with Crippen molar-refractivity contribution < 1.29 is 4.74 Å². The molecule has 0 spiro atoms. The molecular weight excluding hydrogens is 260 g/mol.